The maximum Gasteiger partial charge on any atom is 0.451 e. The third kappa shape index (κ3) is 2.67. The molecule has 2 heterocycles. The summed E-state index contributed by atoms with van der Waals surface area (Å²) in [5, 5.41) is 12.7. The number of halogens is 3. The molecule has 3 aromatic rings. The second-order valence-corrected chi connectivity index (χ2v) is 4.78. The molecule has 22 heavy (non-hydrogen) atoms. The number of benzene rings is 1. The van der Waals surface area contributed by atoms with Gasteiger partial charge in [-0.3, -0.25) is 0 Å². The molecular weight excluding hydrogens is 297 g/mol. The Hall–Kier alpha value is -2.77. The minimum absolute atomic E-state index is 0.00315. The van der Waals surface area contributed by atoms with Gasteiger partial charge in [0.15, 0.2) is 0 Å². The maximum absolute atomic E-state index is 12.9. The van der Waals surface area contributed by atoms with Crippen LogP contribution >= 0.6 is 0 Å². The quantitative estimate of drug-likeness (QED) is 0.674. The minimum atomic E-state index is -4.65. The summed E-state index contributed by atoms with van der Waals surface area (Å²) in [4.78, 5) is 9.84. The van der Waals surface area contributed by atoms with E-state index in [-0.39, 0.29) is 17.2 Å². The van der Waals surface area contributed by atoms with Crippen LogP contribution in [-0.4, -0.2) is 20.1 Å². The number of phenolic OH excluding ortho intramolecular Hbond substituents is 1. The van der Waals surface area contributed by atoms with Gasteiger partial charge >= 0.3 is 6.18 Å². The predicted molar refractivity (Wildman–Crippen MR) is 75.0 cm³/mol. The van der Waals surface area contributed by atoms with Gasteiger partial charge in [0, 0.05) is 17.4 Å². The van der Waals surface area contributed by atoms with E-state index in [1.807, 2.05) is 0 Å². The zero-order valence-corrected chi connectivity index (χ0v) is 11.4. The largest absolute Gasteiger partial charge is 0.508 e. The van der Waals surface area contributed by atoms with Crippen molar-refractivity contribution in [2.75, 3.05) is 5.32 Å². The van der Waals surface area contributed by atoms with Gasteiger partial charge in [-0.25, -0.2) is 9.97 Å². The normalized spacial score (nSPS) is 11.8. The van der Waals surface area contributed by atoms with Crippen molar-refractivity contribution in [2.45, 2.75) is 13.1 Å². The number of H-pyrrole nitrogens is 1. The van der Waals surface area contributed by atoms with Crippen LogP contribution in [-0.2, 0) is 6.18 Å². The molecule has 0 bridgehead atoms. The fraction of sp³-hybridized carbons (Fsp3) is 0.143. The van der Waals surface area contributed by atoms with Crippen molar-refractivity contribution in [2.24, 2.45) is 0 Å². The number of rotatable bonds is 2. The van der Waals surface area contributed by atoms with Crippen molar-refractivity contribution in [3.63, 3.8) is 0 Å². The van der Waals surface area contributed by atoms with Gasteiger partial charge in [-0.2, -0.15) is 13.2 Å². The van der Waals surface area contributed by atoms with Gasteiger partial charge in [-0.05, 0) is 25.1 Å². The van der Waals surface area contributed by atoms with E-state index < -0.39 is 12.0 Å². The summed E-state index contributed by atoms with van der Waals surface area (Å²) >= 11 is 0. The zero-order chi connectivity index (χ0) is 15.9. The molecule has 0 fully saturated rings. The van der Waals surface area contributed by atoms with E-state index in [9.17, 15) is 18.3 Å². The molecule has 1 aromatic carbocycles. The highest BCUT2D eigenvalue weighted by Gasteiger charge is 2.35. The van der Waals surface area contributed by atoms with Crippen LogP contribution in [0.25, 0.3) is 11.0 Å². The third-order valence-electron chi connectivity index (χ3n) is 2.98. The Bertz CT molecular complexity index is 842. The summed E-state index contributed by atoms with van der Waals surface area (Å²) in [6.45, 7) is 1.72. The standard InChI is InChI=1S/C14H11F3N4O/c1-7-5-10-11(18-7)20-13(14(15,16)17)21-12(10)19-8-3-2-4-9(22)6-8/h2-6,22H,1H3,(H2,18,19,20,21). The number of alkyl halides is 3. The molecule has 0 aliphatic rings. The summed E-state index contributed by atoms with van der Waals surface area (Å²) in [7, 11) is 0. The Morgan fingerprint density at radius 1 is 1.18 bits per heavy atom. The van der Waals surface area contributed by atoms with Gasteiger partial charge in [0.2, 0.25) is 5.82 Å². The SMILES string of the molecule is Cc1cc2c(Nc3cccc(O)c3)nc(C(F)(F)F)nc2[nH]1. The molecule has 0 saturated carbocycles. The Balaban J connectivity index is 2.14. The molecule has 2 aromatic heterocycles. The van der Waals surface area contributed by atoms with E-state index in [0.717, 1.165) is 0 Å². The second-order valence-electron chi connectivity index (χ2n) is 4.78. The van der Waals surface area contributed by atoms with Crippen LogP contribution in [0.3, 0.4) is 0 Å². The van der Waals surface area contributed by atoms with Gasteiger partial charge < -0.3 is 15.4 Å². The van der Waals surface area contributed by atoms with E-state index in [1.165, 1.54) is 12.1 Å². The lowest BCUT2D eigenvalue weighted by Gasteiger charge is -2.10. The molecule has 8 heteroatoms. The summed E-state index contributed by atoms with van der Waals surface area (Å²) in [5.41, 5.74) is 1.19. The first-order valence-electron chi connectivity index (χ1n) is 6.33. The van der Waals surface area contributed by atoms with Crippen LogP contribution in [0.5, 0.6) is 5.75 Å². The van der Waals surface area contributed by atoms with Crippen LogP contribution in [0.1, 0.15) is 11.5 Å². The lowest BCUT2D eigenvalue weighted by atomic mass is 10.3. The molecule has 0 aliphatic carbocycles. The zero-order valence-electron chi connectivity index (χ0n) is 11.4. The molecule has 3 N–H and O–H groups in total. The summed E-state index contributed by atoms with van der Waals surface area (Å²) in [6, 6.07) is 7.69. The van der Waals surface area contributed by atoms with Gasteiger partial charge in [0.05, 0.1) is 5.39 Å². The summed E-state index contributed by atoms with van der Waals surface area (Å²) < 4.78 is 38.7. The number of phenols is 1. The molecule has 114 valence electrons. The molecule has 0 spiro atoms. The fourth-order valence-electron chi connectivity index (χ4n) is 2.08. The average Bonchev–Trinajstić information content (AvgIpc) is 2.78. The van der Waals surface area contributed by atoms with E-state index in [0.29, 0.717) is 16.8 Å². The highest BCUT2D eigenvalue weighted by molar-refractivity contribution is 5.89. The maximum atomic E-state index is 12.9. The van der Waals surface area contributed by atoms with Crippen molar-refractivity contribution >= 4 is 22.5 Å². The molecule has 0 atom stereocenters. The van der Waals surface area contributed by atoms with Crippen molar-refractivity contribution in [1.82, 2.24) is 15.0 Å². The molecule has 5 nitrogen and oxygen atoms in total. The Labute approximate surface area is 122 Å². The lowest BCUT2D eigenvalue weighted by Crippen LogP contribution is -2.12. The number of aryl methyl sites for hydroxylation is 1. The molecule has 0 aliphatic heterocycles. The number of hydrogen-bond acceptors (Lipinski definition) is 4. The topological polar surface area (TPSA) is 73.8 Å². The Morgan fingerprint density at radius 3 is 2.64 bits per heavy atom. The molecule has 0 amide bonds. The monoisotopic (exact) mass is 308 g/mol. The highest BCUT2D eigenvalue weighted by Crippen LogP contribution is 2.32. The summed E-state index contributed by atoms with van der Waals surface area (Å²) in [6.07, 6.45) is -4.65. The molecular formula is C14H11F3N4O. The van der Waals surface area contributed by atoms with E-state index >= 15 is 0 Å². The molecule has 0 radical (unpaired) electrons. The number of anilines is 2. The van der Waals surface area contributed by atoms with Crippen LogP contribution < -0.4 is 5.32 Å². The number of aromatic nitrogens is 3. The first-order chi connectivity index (χ1) is 10.3. The first-order valence-corrected chi connectivity index (χ1v) is 6.33. The molecule has 0 saturated heterocycles. The van der Waals surface area contributed by atoms with E-state index in [1.54, 1.807) is 25.1 Å². The van der Waals surface area contributed by atoms with Crippen LogP contribution in [0, 0.1) is 6.92 Å². The van der Waals surface area contributed by atoms with Crippen molar-refractivity contribution in [3.8, 4) is 5.75 Å². The van der Waals surface area contributed by atoms with Crippen molar-refractivity contribution < 1.29 is 18.3 Å². The second kappa shape index (κ2) is 4.90. The minimum Gasteiger partial charge on any atom is -0.508 e. The average molecular weight is 308 g/mol. The van der Waals surface area contributed by atoms with Crippen LogP contribution in [0.2, 0.25) is 0 Å². The third-order valence-corrected chi connectivity index (χ3v) is 2.98. The van der Waals surface area contributed by atoms with E-state index in [2.05, 4.69) is 20.3 Å². The van der Waals surface area contributed by atoms with Gasteiger partial charge in [-0.15, -0.1) is 0 Å². The summed E-state index contributed by atoms with van der Waals surface area (Å²) in [5.74, 6) is -1.21. The smallest absolute Gasteiger partial charge is 0.451 e. The van der Waals surface area contributed by atoms with Crippen LogP contribution in [0.15, 0.2) is 30.3 Å². The number of hydrogen-bond donors (Lipinski definition) is 3. The number of fused-ring (bicyclic) bond motifs is 1. The van der Waals surface area contributed by atoms with Gasteiger partial charge in [0.1, 0.15) is 17.2 Å². The van der Waals surface area contributed by atoms with E-state index in [4.69, 9.17) is 0 Å². The van der Waals surface area contributed by atoms with Crippen molar-refractivity contribution in [1.29, 1.82) is 0 Å². The Kier molecular flexibility index (Phi) is 3.16. The molecule has 3 rings (SSSR count). The van der Waals surface area contributed by atoms with Crippen molar-refractivity contribution in [3.05, 3.63) is 41.9 Å². The van der Waals surface area contributed by atoms with Crippen LogP contribution in [0.4, 0.5) is 24.7 Å². The number of nitrogens with zero attached hydrogens (tertiary/aromatic N) is 2. The predicted octanol–water partition coefficient (Wildman–Crippen LogP) is 3.73. The first kappa shape index (κ1) is 14.2. The highest BCUT2D eigenvalue weighted by atomic mass is 19.4. The molecule has 0 unspecified atom stereocenters. The van der Waals surface area contributed by atoms with Gasteiger partial charge in [0.25, 0.3) is 0 Å². The number of aromatic amines is 1. The number of nitrogens with one attached hydrogen (secondary N) is 2. The lowest BCUT2D eigenvalue weighted by molar-refractivity contribution is -0.144. The number of aromatic hydroxyl groups is 1. The van der Waals surface area contributed by atoms with Gasteiger partial charge in [-0.1, -0.05) is 6.07 Å². The fourth-order valence-corrected chi connectivity index (χ4v) is 2.08. The Morgan fingerprint density at radius 2 is 1.95 bits per heavy atom.